The van der Waals surface area contributed by atoms with E-state index in [9.17, 15) is 35.5 Å². The van der Waals surface area contributed by atoms with Gasteiger partial charge >= 0.3 is 18.0 Å². The van der Waals surface area contributed by atoms with Crippen molar-refractivity contribution < 1.29 is 35.5 Å². The van der Waals surface area contributed by atoms with Crippen LogP contribution in [0.2, 0.25) is 0 Å². The minimum Gasteiger partial charge on any atom is -0.351 e. The maximum Gasteiger partial charge on any atom is 0.460 e. The lowest BCUT2D eigenvalue weighted by atomic mass is 10.1. The van der Waals surface area contributed by atoms with Gasteiger partial charge in [-0.15, -0.1) is 0 Å². The second-order valence-corrected chi connectivity index (χ2v) is 4.85. The zero-order chi connectivity index (χ0) is 17.7. The van der Waals surface area contributed by atoms with Crippen molar-refractivity contribution in [2.24, 2.45) is 0 Å². The molecule has 1 rings (SSSR count). The Balaban J connectivity index is 2.44. The van der Waals surface area contributed by atoms with Crippen LogP contribution in [-0.4, -0.2) is 30.5 Å². The number of rotatable bonds is 7. The Hall–Kier alpha value is -1.80. The van der Waals surface area contributed by atoms with Crippen LogP contribution < -0.4 is 5.32 Å². The Labute approximate surface area is 127 Å². The minimum absolute atomic E-state index is 0.161. The van der Waals surface area contributed by atoms with Crippen LogP contribution in [0.1, 0.15) is 18.4 Å². The third-order valence-electron chi connectivity index (χ3n) is 3.06. The number of halogens is 7. The molecule has 9 heteroatoms. The molecule has 0 fully saturated rings. The second-order valence-electron chi connectivity index (χ2n) is 4.85. The smallest absolute Gasteiger partial charge is 0.351 e. The number of amides is 1. The molecule has 0 unspecified atom stereocenters. The van der Waals surface area contributed by atoms with Crippen LogP contribution in [0.4, 0.5) is 30.7 Å². The number of hydrogen-bond donors (Lipinski definition) is 1. The standard InChI is InChI=1S/C14H14F7NO/c15-12(16,13(17,18)14(19,20)21)11(23)22-9-5-4-8-10-6-2-1-3-7-10/h1-3,6-7H,4-5,8-9H2,(H,22,23). The van der Waals surface area contributed by atoms with Crippen molar-refractivity contribution in [1.82, 2.24) is 5.32 Å². The van der Waals surface area contributed by atoms with Crippen LogP contribution in [-0.2, 0) is 11.2 Å². The quantitative estimate of drug-likeness (QED) is 0.588. The van der Waals surface area contributed by atoms with Crippen LogP contribution in [0.25, 0.3) is 0 Å². The highest BCUT2D eigenvalue weighted by Crippen LogP contribution is 2.46. The maximum atomic E-state index is 13.0. The van der Waals surface area contributed by atoms with Crippen molar-refractivity contribution in [1.29, 1.82) is 0 Å². The van der Waals surface area contributed by atoms with Crippen molar-refractivity contribution in [2.75, 3.05) is 6.54 Å². The molecular formula is C14H14F7NO. The van der Waals surface area contributed by atoms with Gasteiger partial charge in [-0.05, 0) is 24.8 Å². The molecule has 0 radical (unpaired) electrons. The summed E-state index contributed by atoms with van der Waals surface area (Å²) in [5.41, 5.74) is 0.952. The Morgan fingerprint density at radius 2 is 1.48 bits per heavy atom. The van der Waals surface area contributed by atoms with Gasteiger partial charge in [-0.1, -0.05) is 30.3 Å². The molecule has 1 amide bonds. The van der Waals surface area contributed by atoms with Crippen molar-refractivity contribution in [3.8, 4) is 0 Å². The van der Waals surface area contributed by atoms with Gasteiger partial charge in [0.2, 0.25) is 0 Å². The summed E-state index contributed by atoms with van der Waals surface area (Å²) in [5, 5.41) is 1.42. The molecule has 0 saturated heterocycles. The zero-order valence-corrected chi connectivity index (χ0v) is 11.8. The molecule has 0 aromatic heterocycles. The van der Waals surface area contributed by atoms with E-state index < -0.39 is 30.5 Å². The highest BCUT2D eigenvalue weighted by molar-refractivity contribution is 5.84. The summed E-state index contributed by atoms with van der Waals surface area (Å²) in [6.07, 6.45) is -5.34. The number of carbonyl (C=O) groups excluding carboxylic acids is 1. The van der Waals surface area contributed by atoms with Gasteiger partial charge in [0.1, 0.15) is 0 Å². The van der Waals surface area contributed by atoms with Crippen LogP contribution in [0.3, 0.4) is 0 Å². The molecule has 0 aliphatic carbocycles. The Morgan fingerprint density at radius 1 is 0.913 bits per heavy atom. The predicted molar refractivity (Wildman–Crippen MR) is 68.3 cm³/mol. The van der Waals surface area contributed by atoms with Gasteiger partial charge < -0.3 is 5.32 Å². The fourth-order valence-electron chi connectivity index (χ4n) is 1.73. The van der Waals surface area contributed by atoms with E-state index in [1.807, 2.05) is 12.1 Å². The number of alkyl halides is 7. The lowest BCUT2D eigenvalue weighted by molar-refractivity contribution is -0.344. The summed E-state index contributed by atoms with van der Waals surface area (Å²) < 4.78 is 86.9. The number of aryl methyl sites for hydroxylation is 1. The first-order valence-electron chi connectivity index (χ1n) is 6.64. The summed E-state index contributed by atoms with van der Waals surface area (Å²) in [5.74, 6) is -14.9. The first kappa shape index (κ1) is 19.2. The molecule has 1 aromatic rings. The molecule has 130 valence electrons. The van der Waals surface area contributed by atoms with Crippen LogP contribution in [0, 0.1) is 0 Å². The summed E-state index contributed by atoms with van der Waals surface area (Å²) in [4.78, 5) is 11.0. The van der Waals surface area contributed by atoms with Crippen molar-refractivity contribution >= 4 is 5.91 Å². The molecule has 1 aromatic carbocycles. The molecule has 2 nitrogen and oxygen atoms in total. The molecule has 1 N–H and O–H groups in total. The van der Waals surface area contributed by atoms with Gasteiger partial charge in [0.05, 0.1) is 0 Å². The number of benzene rings is 1. The van der Waals surface area contributed by atoms with E-state index in [0.29, 0.717) is 12.8 Å². The third-order valence-corrected chi connectivity index (χ3v) is 3.06. The minimum atomic E-state index is -6.51. The molecular weight excluding hydrogens is 331 g/mol. The average molecular weight is 345 g/mol. The van der Waals surface area contributed by atoms with Gasteiger partial charge in [0, 0.05) is 6.54 Å². The van der Waals surface area contributed by atoms with Gasteiger partial charge in [-0.2, -0.15) is 30.7 Å². The summed E-state index contributed by atoms with van der Waals surface area (Å²) in [7, 11) is 0. The second kappa shape index (κ2) is 7.18. The largest absolute Gasteiger partial charge is 0.460 e. The summed E-state index contributed by atoms with van der Waals surface area (Å²) >= 11 is 0. The first-order valence-corrected chi connectivity index (χ1v) is 6.64. The number of nitrogens with one attached hydrogen (secondary N) is 1. The van der Waals surface area contributed by atoms with E-state index >= 15 is 0 Å². The van der Waals surface area contributed by atoms with Crippen LogP contribution in [0.5, 0.6) is 0 Å². The molecule has 0 bridgehead atoms. The van der Waals surface area contributed by atoms with Crippen molar-refractivity contribution in [3.63, 3.8) is 0 Å². The zero-order valence-electron chi connectivity index (χ0n) is 11.8. The molecule has 0 aliphatic rings. The predicted octanol–water partition coefficient (Wildman–Crippen LogP) is 3.96. The van der Waals surface area contributed by atoms with Crippen molar-refractivity contribution in [3.05, 3.63) is 35.9 Å². The van der Waals surface area contributed by atoms with E-state index in [1.54, 1.807) is 18.2 Å². The fourth-order valence-corrected chi connectivity index (χ4v) is 1.73. The van der Waals surface area contributed by atoms with Crippen LogP contribution in [0.15, 0.2) is 30.3 Å². The topological polar surface area (TPSA) is 29.1 Å². The van der Waals surface area contributed by atoms with Gasteiger partial charge in [0.15, 0.2) is 0 Å². The molecule has 0 saturated carbocycles. The molecule has 0 aliphatic heterocycles. The normalized spacial score (nSPS) is 13.0. The molecule has 0 spiro atoms. The highest BCUT2D eigenvalue weighted by Gasteiger charge is 2.76. The number of carbonyl (C=O) groups is 1. The van der Waals surface area contributed by atoms with E-state index in [0.717, 1.165) is 5.56 Å². The monoisotopic (exact) mass is 345 g/mol. The molecule has 0 heterocycles. The SMILES string of the molecule is O=C(NCCCCc1ccccc1)C(F)(F)C(F)(F)C(F)(F)F. The van der Waals surface area contributed by atoms with Gasteiger partial charge in [0.25, 0.3) is 5.91 Å². The Kier molecular flexibility index (Phi) is 6.01. The lowest BCUT2D eigenvalue weighted by Crippen LogP contribution is -2.59. The van der Waals surface area contributed by atoms with E-state index in [-0.39, 0.29) is 6.42 Å². The summed E-state index contributed by atoms with van der Waals surface area (Å²) in [6, 6.07) is 9.01. The Morgan fingerprint density at radius 3 is 2.00 bits per heavy atom. The number of hydrogen-bond acceptors (Lipinski definition) is 1. The van der Waals surface area contributed by atoms with E-state index in [1.165, 1.54) is 5.32 Å². The van der Waals surface area contributed by atoms with Gasteiger partial charge in [-0.25, -0.2) is 0 Å². The van der Waals surface area contributed by atoms with Gasteiger partial charge in [-0.3, -0.25) is 4.79 Å². The Bertz CT molecular complexity index is 514. The van der Waals surface area contributed by atoms with E-state index in [2.05, 4.69) is 0 Å². The summed E-state index contributed by atoms with van der Waals surface area (Å²) in [6.45, 7) is -0.421. The first-order chi connectivity index (χ1) is 10.5. The molecule has 23 heavy (non-hydrogen) atoms. The number of unbranched alkanes of at least 4 members (excludes halogenated alkanes) is 1. The highest BCUT2D eigenvalue weighted by atomic mass is 19.4. The third kappa shape index (κ3) is 4.59. The molecule has 0 atom stereocenters. The fraction of sp³-hybridized carbons (Fsp3) is 0.500. The lowest BCUT2D eigenvalue weighted by Gasteiger charge is -2.27. The van der Waals surface area contributed by atoms with E-state index in [4.69, 9.17) is 0 Å². The van der Waals surface area contributed by atoms with Crippen LogP contribution >= 0.6 is 0 Å². The van der Waals surface area contributed by atoms with Crippen molar-refractivity contribution in [2.45, 2.75) is 37.3 Å². The maximum absolute atomic E-state index is 13.0. The average Bonchev–Trinajstić information content (AvgIpc) is 2.46.